The van der Waals surface area contributed by atoms with E-state index in [1.165, 1.54) is 22.9 Å². The van der Waals surface area contributed by atoms with E-state index in [4.69, 9.17) is 10.2 Å². The molecule has 3 atom stereocenters. The lowest BCUT2D eigenvalue weighted by Gasteiger charge is -2.46. The number of nitrogens with zero attached hydrogens (tertiary/aromatic N) is 1. The molecule has 1 unspecified atom stereocenters. The molecule has 3 heterocycles. The van der Waals surface area contributed by atoms with E-state index in [-0.39, 0.29) is 24.1 Å². The molecule has 2 saturated heterocycles. The summed E-state index contributed by atoms with van der Waals surface area (Å²) in [6.45, 7) is 3.41. The summed E-state index contributed by atoms with van der Waals surface area (Å²) in [5.74, 6) is -1.67. The Balaban J connectivity index is 1.85. The molecular formula is C15H19N3O5S. The van der Waals surface area contributed by atoms with E-state index >= 15 is 0 Å². The van der Waals surface area contributed by atoms with Gasteiger partial charge in [-0.1, -0.05) is 0 Å². The largest absolute Gasteiger partial charge is 0.478 e. The summed E-state index contributed by atoms with van der Waals surface area (Å²) in [5.41, 5.74) is 4.08. The zero-order valence-corrected chi connectivity index (χ0v) is 14.1. The van der Waals surface area contributed by atoms with Crippen LogP contribution in [0.25, 0.3) is 0 Å². The average Bonchev–Trinajstić information content (AvgIpc) is 3.02. The van der Waals surface area contributed by atoms with Crippen LogP contribution >= 0.6 is 11.8 Å². The number of rotatable bonds is 5. The number of thioether (sulfide) groups is 1. The van der Waals surface area contributed by atoms with Gasteiger partial charge < -0.3 is 20.6 Å². The van der Waals surface area contributed by atoms with Crippen molar-refractivity contribution in [3.05, 3.63) is 24.2 Å². The lowest BCUT2D eigenvalue weighted by Crippen LogP contribution is -2.76. The molecule has 24 heavy (non-hydrogen) atoms. The van der Waals surface area contributed by atoms with Crippen LogP contribution in [0.4, 0.5) is 0 Å². The molecule has 1 aromatic rings. The lowest BCUT2D eigenvalue weighted by atomic mass is 9.89. The van der Waals surface area contributed by atoms with Crippen molar-refractivity contribution in [3.63, 3.8) is 0 Å². The van der Waals surface area contributed by atoms with Gasteiger partial charge in [0, 0.05) is 6.42 Å². The minimum absolute atomic E-state index is 0.138. The Hall–Kier alpha value is -2.00. The van der Waals surface area contributed by atoms with Crippen LogP contribution in [0.3, 0.4) is 0 Å². The Morgan fingerprint density at radius 3 is 2.83 bits per heavy atom. The van der Waals surface area contributed by atoms with Crippen molar-refractivity contribution in [2.45, 2.75) is 48.5 Å². The molecule has 0 saturated carbocycles. The Morgan fingerprint density at radius 2 is 2.29 bits per heavy atom. The molecule has 2 amide bonds. The number of carboxylic acid groups (broad SMARTS) is 1. The smallest absolute Gasteiger partial charge is 0.352 e. The van der Waals surface area contributed by atoms with Crippen molar-refractivity contribution in [3.8, 4) is 0 Å². The number of furan rings is 1. The van der Waals surface area contributed by atoms with E-state index in [9.17, 15) is 19.5 Å². The first kappa shape index (κ1) is 16.8. The SMILES string of the molecule is CC1(C)S[C@@H]2CC(=O)N2[C@@]1(NC(=O)C(N)Cc1ccco1)C(=O)O. The van der Waals surface area contributed by atoms with Gasteiger partial charge in [-0.15, -0.1) is 11.8 Å². The molecule has 0 bridgehead atoms. The summed E-state index contributed by atoms with van der Waals surface area (Å²) in [5, 5.41) is 12.1. The molecule has 0 aliphatic carbocycles. The zero-order chi connectivity index (χ0) is 17.7. The van der Waals surface area contributed by atoms with Gasteiger partial charge in [-0.2, -0.15) is 0 Å². The number of fused-ring (bicyclic) bond motifs is 1. The van der Waals surface area contributed by atoms with E-state index < -0.39 is 28.3 Å². The first-order valence-corrected chi connectivity index (χ1v) is 8.40. The molecule has 8 nitrogen and oxygen atoms in total. The number of hydrogen-bond donors (Lipinski definition) is 3. The van der Waals surface area contributed by atoms with Crippen LogP contribution in [0.1, 0.15) is 26.0 Å². The third kappa shape index (κ3) is 2.30. The summed E-state index contributed by atoms with van der Waals surface area (Å²) in [6, 6.07) is 2.38. The second kappa shape index (κ2) is 5.52. The monoisotopic (exact) mass is 353 g/mol. The van der Waals surface area contributed by atoms with Gasteiger partial charge in [0.1, 0.15) is 5.76 Å². The minimum atomic E-state index is -1.81. The van der Waals surface area contributed by atoms with E-state index in [0.717, 1.165) is 0 Å². The highest BCUT2D eigenvalue weighted by atomic mass is 32.2. The van der Waals surface area contributed by atoms with Crippen LogP contribution in [0.2, 0.25) is 0 Å². The van der Waals surface area contributed by atoms with Crippen molar-refractivity contribution in [2.75, 3.05) is 0 Å². The van der Waals surface area contributed by atoms with Crippen LogP contribution in [0.15, 0.2) is 22.8 Å². The van der Waals surface area contributed by atoms with E-state index in [2.05, 4.69) is 5.32 Å². The van der Waals surface area contributed by atoms with Crippen molar-refractivity contribution < 1.29 is 23.9 Å². The number of hydrogen-bond acceptors (Lipinski definition) is 6. The fourth-order valence-electron chi connectivity index (χ4n) is 3.23. The zero-order valence-electron chi connectivity index (χ0n) is 13.3. The summed E-state index contributed by atoms with van der Waals surface area (Å²) < 4.78 is 4.27. The quantitative estimate of drug-likeness (QED) is 0.642. The van der Waals surface area contributed by atoms with Crippen LogP contribution < -0.4 is 11.1 Å². The second-order valence-corrected chi connectivity index (χ2v) is 8.25. The topological polar surface area (TPSA) is 126 Å². The van der Waals surface area contributed by atoms with Crippen molar-refractivity contribution >= 4 is 29.5 Å². The van der Waals surface area contributed by atoms with Crippen molar-refractivity contribution in [1.82, 2.24) is 10.2 Å². The molecule has 0 aromatic carbocycles. The third-order valence-electron chi connectivity index (χ3n) is 4.52. The van der Waals surface area contributed by atoms with Gasteiger partial charge >= 0.3 is 5.97 Å². The maximum Gasteiger partial charge on any atom is 0.352 e. The maximum atomic E-state index is 12.5. The molecule has 2 fully saturated rings. The van der Waals surface area contributed by atoms with Gasteiger partial charge in [0.15, 0.2) is 0 Å². The Kier molecular flexibility index (Phi) is 3.88. The van der Waals surface area contributed by atoms with E-state index in [1.54, 1.807) is 26.0 Å². The van der Waals surface area contributed by atoms with Gasteiger partial charge in [-0.05, 0) is 26.0 Å². The summed E-state index contributed by atoms with van der Waals surface area (Å²) in [6.07, 6.45) is 1.88. The second-order valence-electron chi connectivity index (χ2n) is 6.45. The van der Waals surface area contributed by atoms with Crippen LogP contribution in [-0.4, -0.2) is 49.6 Å². The number of amides is 2. The Labute approximate surface area is 142 Å². The molecule has 130 valence electrons. The predicted octanol–water partition coefficient (Wildman–Crippen LogP) is 0.130. The Bertz CT molecular complexity index is 689. The maximum absolute atomic E-state index is 12.5. The van der Waals surface area contributed by atoms with Crippen LogP contribution in [0.5, 0.6) is 0 Å². The third-order valence-corrected chi connectivity index (χ3v) is 6.06. The van der Waals surface area contributed by atoms with Gasteiger partial charge in [-0.25, -0.2) is 4.79 Å². The van der Waals surface area contributed by atoms with Gasteiger partial charge in [0.05, 0.1) is 28.8 Å². The fraction of sp³-hybridized carbons (Fsp3) is 0.533. The molecule has 2 aliphatic rings. The van der Waals surface area contributed by atoms with Crippen LogP contribution in [-0.2, 0) is 20.8 Å². The Morgan fingerprint density at radius 1 is 1.58 bits per heavy atom. The van der Waals surface area contributed by atoms with E-state index in [0.29, 0.717) is 5.76 Å². The van der Waals surface area contributed by atoms with E-state index in [1.807, 2.05) is 0 Å². The predicted molar refractivity (Wildman–Crippen MR) is 85.8 cm³/mol. The molecule has 0 radical (unpaired) electrons. The van der Waals surface area contributed by atoms with Crippen LogP contribution in [0, 0.1) is 0 Å². The normalized spacial score (nSPS) is 28.9. The first-order chi connectivity index (χ1) is 11.2. The van der Waals surface area contributed by atoms with Crippen molar-refractivity contribution in [2.24, 2.45) is 5.73 Å². The van der Waals surface area contributed by atoms with Gasteiger partial charge in [-0.3, -0.25) is 14.5 Å². The highest BCUT2D eigenvalue weighted by Crippen LogP contribution is 2.55. The average molecular weight is 353 g/mol. The molecule has 3 rings (SSSR count). The van der Waals surface area contributed by atoms with Gasteiger partial charge in [0.2, 0.25) is 17.5 Å². The van der Waals surface area contributed by atoms with Crippen molar-refractivity contribution in [1.29, 1.82) is 0 Å². The molecule has 9 heteroatoms. The number of β-lactam (4-membered cyclic amide) rings is 1. The highest BCUT2D eigenvalue weighted by Gasteiger charge is 2.70. The number of aliphatic carboxylic acids is 1. The minimum Gasteiger partial charge on any atom is -0.478 e. The molecule has 0 spiro atoms. The molecule has 4 N–H and O–H groups in total. The summed E-state index contributed by atoms with van der Waals surface area (Å²) in [7, 11) is 0. The number of carbonyl (C=O) groups is 3. The number of nitrogens with one attached hydrogen (secondary N) is 1. The molecular weight excluding hydrogens is 334 g/mol. The number of carboxylic acids is 1. The number of carbonyl (C=O) groups excluding carboxylic acids is 2. The summed E-state index contributed by atoms with van der Waals surface area (Å²) >= 11 is 1.37. The fourth-order valence-corrected chi connectivity index (χ4v) is 4.93. The highest BCUT2D eigenvalue weighted by molar-refractivity contribution is 8.01. The van der Waals surface area contributed by atoms with Gasteiger partial charge in [0.25, 0.3) is 0 Å². The standard InChI is InChI=1S/C15H19N3O5S/c1-14(2)15(13(21)22,18-10(19)7-11(18)24-14)17-12(20)9(16)6-8-4-3-5-23-8/h3-5,9,11H,6-7,16H2,1-2H3,(H,17,20)(H,21,22)/t9?,11-,15+/m1/s1. The molecule has 2 aliphatic heterocycles. The molecule has 1 aromatic heterocycles. The number of nitrogens with two attached hydrogens (primary N) is 1. The summed E-state index contributed by atoms with van der Waals surface area (Å²) in [4.78, 5) is 37.8. The lowest BCUT2D eigenvalue weighted by molar-refractivity contribution is -0.173. The first-order valence-electron chi connectivity index (χ1n) is 7.52.